The smallest absolute Gasteiger partial charge is 0.330 e. The molecule has 2 rings (SSSR count). The molecule has 0 amide bonds. The third-order valence-electron chi connectivity index (χ3n) is 4.45. The molecule has 0 N–H and O–H groups in total. The third-order valence-corrected chi connectivity index (χ3v) is 5.03. The van der Waals surface area contributed by atoms with Gasteiger partial charge in [-0.15, -0.1) is 0 Å². The predicted molar refractivity (Wildman–Crippen MR) is 121 cm³/mol. The maximum atomic E-state index is 11.8. The summed E-state index contributed by atoms with van der Waals surface area (Å²) in [6, 6.07) is 9.85. The van der Waals surface area contributed by atoms with Crippen LogP contribution in [0.2, 0.25) is 0 Å². The number of hydrogen-bond donors (Lipinski definition) is 0. The van der Waals surface area contributed by atoms with Crippen LogP contribution in [-0.4, -0.2) is 28.5 Å². The first-order valence-corrected chi connectivity index (χ1v) is 9.89. The van der Waals surface area contributed by atoms with Gasteiger partial charge in [-0.3, -0.25) is 13.9 Å². The molecule has 152 valence electrons. The summed E-state index contributed by atoms with van der Waals surface area (Å²) in [5, 5.41) is 0. The Bertz CT molecular complexity index is 890. The average Bonchev–Trinajstić information content (AvgIpc) is 2.70. The maximum Gasteiger partial charge on any atom is 0.330 e. The van der Waals surface area contributed by atoms with Gasteiger partial charge in [-0.05, 0) is 31.9 Å². The molecule has 1 aromatic carbocycles. The Morgan fingerprint density at radius 2 is 1.75 bits per heavy atom. The van der Waals surface area contributed by atoms with E-state index in [1.54, 1.807) is 24.7 Å². The van der Waals surface area contributed by atoms with Crippen LogP contribution in [0.3, 0.4) is 0 Å². The van der Waals surface area contributed by atoms with Crippen molar-refractivity contribution in [2.45, 2.75) is 33.6 Å². The highest BCUT2D eigenvalue weighted by Gasteiger charge is 2.12. The minimum Gasteiger partial charge on any atom is -0.361 e. The molecule has 0 aliphatic heterocycles. The van der Waals surface area contributed by atoms with Gasteiger partial charge in [0.05, 0.1) is 0 Å². The van der Waals surface area contributed by atoms with Crippen LogP contribution in [0.4, 0.5) is 5.82 Å². The van der Waals surface area contributed by atoms with E-state index in [1.165, 1.54) is 4.57 Å². The molecule has 6 heteroatoms. The van der Waals surface area contributed by atoms with Crippen LogP contribution in [0.15, 0.2) is 41.2 Å². The molecule has 2 aromatic rings. The summed E-state index contributed by atoms with van der Waals surface area (Å²) in [6.45, 7) is 6.84. The Morgan fingerprint density at radius 1 is 1.14 bits per heavy atom. The van der Waals surface area contributed by atoms with Gasteiger partial charge in [0, 0.05) is 39.7 Å². The number of carbonyl (C=O) groups excluding carboxylic acids is 1. The van der Waals surface area contributed by atoms with Gasteiger partial charge in [-0.1, -0.05) is 55.5 Å². The van der Waals surface area contributed by atoms with E-state index in [9.17, 15) is 9.59 Å². The molecular weight excluding hydrogens is 370 g/mol. The quantitative estimate of drug-likeness (QED) is 0.535. The molecule has 0 saturated heterocycles. The lowest BCUT2D eigenvalue weighted by Crippen LogP contribution is -2.34. The standard InChI is InChI=1S/C12H14O.C10H17N3OS/c1-2-6-12(13)10-9-11-7-4-3-5-8-11;1-6-11(3)8-7(2)9(15)13(5)10(14)12(8)4/h3-5,7-10H,2,6H2,1H3;6H2,1-5H3/b10-9+;. The van der Waals surface area contributed by atoms with Gasteiger partial charge >= 0.3 is 5.69 Å². The first kappa shape index (κ1) is 23.6. The summed E-state index contributed by atoms with van der Waals surface area (Å²) in [5.74, 6) is 1.09. The normalized spacial score (nSPS) is 10.5. The van der Waals surface area contributed by atoms with E-state index in [0.717, 1.165) is 29.9 Å². The molecule has 0 atom stereocenters. The highest BCUT2D eigenvalue weighted by atomic mass is 32.1. The molecule has 0 spiro atoms. The minimum atomic E-state index is -0.0825. The Hall–Kier alpha value is -2.47. The molecule has 1 aromatic heterocycles. The second-order valence-corrected chi connectivity index (χ2v) is 7.02. The van der Waals surface area contributed by atoms with Crippen LogP contribution in [0.1, 0.15) is 37.8 Å². The minimum absolute atomic E-state index is 0.0825. The van der Waals surface area contributed by atoms with Crippen molar-refractivity contribution in [3.63, 3.8) is 0 Å². The van der Waals surface area contributed by atoms with Crippen molar-refractivity contribution in [2.24, 2.45) is 14.1 Å². The van der Waals surface area contributed by atoms with Crippen molar-refractivity contribution in [3.05, 3.63) is 62.7 Å². The highest BCUT2D eigenvalue weighted by Crippen LogP contribution is 2.16. The number of hydrogen-bond acceptors (Lipinski definition) is 4. The van der Waals surface area contributed by atoms with Crippen molar-refractivity contribution >= 4 is 29.9 Å². The molecule has 0 saturated carbocycles. The number of benzene rings is 1. The summed E-state index contributed by atoms with van der Waals surface area (Å²) >= 11 is 5.22. The topological polar surface area (TPSA) is 47.2 Å². The van der Waals surface area contributed by atoms with Crippen LogP contribution >= 0.6 is 12.2 Å². The largest absolute Gasteiger partial charge is 0.361 e. The number of ketones is 1. The number of aromatic nitrogens is 2. The van der Waals surface area contributed by atoms with Crippen molar-refractivity contribution in [1.82, 2.24) is 9.13 Å². The fourth-order valence-corrected chi connectivity index (χ4v) is 2.95. The SMILES string of the molecule is CCCC(=O)/C=C/c1ccccc1.CCN(C)c1c(C)c(=S)n(C)c(=O)n1C. The fourth-order valence-electron chi connectivity index (χ4n) is 2.78. The average molecular weight is 402 g/mol. The van der Waals surface area contributed by atoms with Gasteiger partial charge in [0.25, 0.3) is 0 Å². The Labute approximate surface area is 172 Å². The monoisotopic (exact) mass is 401 g/mol. The lowest BCUT2D eigenvalue weighted by molar-refractivity contribution is -0.114. The Morgan fingerprint density at radius 3 is 2.29 bits per heavy atom. The fraction of sp³-hybridized carbons (Fsp3) is 0.409. The van der Waals surface area contributed by atoms with Gasteiger partial charge in [0.2, 0.25) is 0 Å². The molecule has 0 radical (unpaired) electrons. The van der Waals surface area contributed by atoms with Crippen LogP contribution in [-0.2, 0) is 18.9 Å². The number of nitrogens with zero attached hydrogens (tertiary/aromatic N) is 3. The molecule has 0 aliphatic carbocycles. The summed E-state index contributed by atoms with van der Waals surface area (Å²) in [5.41, 5.74) is 1.96. The Kier molecular flexibility index (Phi) is 9.59. The van der Waals surface area contributed by atoms with Crippen LogP contribution in [0.5, 0.6) is 0 Å². The van der Waals surface area contributed by atoms with Crippen LogP contribution in [0.25, 0.3) is 6.08 Å². The highest BCUT2D eigenvalue weighted by molar-refractivity contribution is 7.71. The number of carbonyl (C=O) groups is 1. The molecular formula is C22H31N3O2S. The van der Waals surface area contributed by atoms with E-state index in [1.807, 2.05) is 69.1 Å². The molecule has 28 heavy (non-hydrogen) atoms. The summed E-state index contributed by atoms with van der Waals surface area (Å²) in [6.07, 6.45) is 5.07. The van der Waals surface area contributed by atoms with E-state index in [2.05, 4.69) is 0 Å². The number of anilines is 1. The summed E-state index contributed by atoms with van der Waals surface area (Å²) in [4.78, 5) is 25.0. The van der Waals surface area contributed by atoms with E-state index in [0.29, 0.717) is 11.1 Å². The molecule has 0 aliphatic rings. The van der Waals surface area contributed by atoms with Crippen LogP contribution in [0, 0.1) is 11.6 Å². The lowest BCUT2D eigenvalue weighted by atomic mass is 10.1. The van der Waals surface area contributed by atoms with Gasteiger partial charge in [0.1, 0.15) is 10.5 Å². The van der Waals surface area contributed by atoms with Gasteiger partial charge < -0.3 is 4.90 Å². The second kappa shape index (κ2) is 11.4. The number of rotatable bonds is 6. The molecule has 5 nitrogen and oxygen atoms in total. The maximum absolute atomic E-state index is 11.8. The first-order chi connectivity index (χ1) is 13.2. The van der Waals surface area contributed by atoms with Crippen molar-refractivity contribution in [2.75, 3.05) is 18.5 Å². The predicted octanol–water partition coefficient (Wildman–Crippen LogP) is 4.29. The van der Waals surface area contributed by atoms with Gasteiger partial charge in [-0.25, -0.2) is 4.79 Å². The lowest BCUT2D eigenvalue weighted by Gasteiger charge is -2.23. The van der Waals surface area contributed by atoms with E-state index in [-0.39, 0.29) is 11.5 Å². The summed E-state index contributed by atoms with van der Waals surface area (Å²) in [7, 11) is 5.43. The Balaban J connectivity index is 0.000000283. The van der Waals surface area contributed by atoms with E-state index >= 15 is 0 Å². The zero-order valence-corrected chi connectivity index (χ0v) is 18.5. The third kappa shape index (κ3) is 6.30. The second-order valence-electron chi connectivity index (χ2n) is 6.63. The zero-order chi connectivity index (χ0) is 21.3. The molecule has 0 fully saturated rings. The van der Waals surface area contributed by atoms with Crippen LogP contribution < -0.4 is 10.6 Å². The van der Waals surface area contributed by atoms with E-state index < -0.39 is 0 Å². The van der Waals surface area contributed by atoms with Gasteiger partial charge in [-0.2, -0.15) is 0 Å². The van der Waals surface area contributed by atoms with Crippen molar-refractivity contribution < 1.29 is 4.79 Å². The van der Waals surface area contributed by atoms with Gasteiger partial charge in [0.15, 0.2) is 5.78 Å². The van der Waals surface area contributed by atoms with Crippen molar-refractivity contribution in [1.29, 1.82) is 0 Å². The van der Waals surface area contributed by atoms with E-state index in [4.69, 9.17) is 12.2 Å². The molecule has 0 unspecified atom stereocenters. The zero-order valence-electron chi connectivity index (χ0n) is 17.7. The number of allylic oxidation sites excluding steroid dienone is 1. The molecule has 0 bridgehead atoms. The molecule has 1 heterocycles. The van der Waals surface area contributed by atoms with Crippen molar-refractivity contribution in [3.8, 4) is 0 Å². The summed E-state index contributed by atoms with van der Waals surface area (Å²) < 4.78 is 3.74. The first-order valence-electron chi connectivity index (χ1n) is 9.48.